The lowest BCUT2D eigenvalue weighted by Gasteiger charge is -2.28. The molecule has 7 heteroatoms. The third kappa shape index (κ3) is 3.10. The minimum atomic E-state index is -0.639. The van der Waals surface area contributed by atoms with Gasteiger partial charge >= 0.3 is 0 Å². The average Bonchev–Trinajstić information content (AvgIpc) is 3.04. The number of benzene rings is 1. The second-order valence-corrected chi connectivity index (χ2v) is 6.13. The molecule has 1 aliphatic heterocycles. The van der Waals surface area contributed by atoms with Gasteiger partial charge in [-0.1, -0.05) is 0 Å². The first kappa shape index (κ1) is 15.7. The lowest BCUT2D eigenvalue weighted by atomic mass is 10.0. The van der Waals surface area contributed by atoms with E-state index in [2.05, 4.69) is 15.0 Å². The van der Waals surface area contributed by atoms with Gasteiger partial charge in [-0.25, -0.2) is 13.5 Å². The Morgan fingerprint density at radius 2 is 2.04 bits per heavy atom. The van der Waals surface area contributed by atoms with Crippen LogP contribution in [0.4, 0.5) is 14.5 Å². The first-order chi connectivity index (χ1) is 12.1. The van der Waals surface area contributed by atoms with Gasteiger partial charge in [-0.3, -0.25) is 9.88 Å². The summed E-state index contributed by atoms with van der Waals surface area (Å²) in [6.45, 7) is 2.21. The summed E-state index contributed by atoms with van der Waals surface area (Å²) >= 11 is 0. The van der Waals surface area contributed by atoms with E-state index < -0.39 is 11.6 Å². The molecule has 0 saturated carbocycles. The van der Waals surface area contributed by atoms with Crippen LogP contribution in [0.15, 0.2) is 42.7 Å². The Balaban J connectivity index is 1.51. The molecule has 3 heterocycles. The summed E-state index contributed by atoms with van der Waals surface area (Å²) in [5, 5.41) is 4.41. The number of pyridine rings is 1. The second-order valence-electron chi connectivity index (χ2n) is 6.13. The van der Waals surface area contributed by atoms with Gasteiger partial charge in [0.2, 0.25) is 0 Å². The molecule has 0 amide bonds. The monoisotopic (exact) mass is 341 g/mol. The molecule has 0 radical (unpaired) electrons. The Morgan fingerprint density at radius 3 is 2.88 bits per heavy atom. The summed E-state index contributed by atoms with van der Waals surface area (Å²) in [6.07, 6.45) is 4.26. The third-order valence-corrected chi connectivity index (χ3v) is 4.41. The number of rotatable bonds is 3. The SMILES string of the molecule is Nc1ccnc2c1CN(Cc1ccn(-c3ccc(F)cc3F)n1)CC2. The highest BCUT2D eigenvalue weighted by atomic mass is 19.1. The van der Waals surface area contributed by atoms with Crippen LogP contribution >= 0.6 is 0 Å². The van der Waals surface area contributed by atoms with E-state index in [0.29, 0.717) is 13.1 Å². The number of fused-ring (bicyclic) bond motifs is 1. The van der Waals surface area contributed by atoms with Gasteiger partial charge in [0.25, 0.3) is 0 Å². The Hall–Kier alpha value is -2.80. The maximum Gasteiger partial charge on any atom is 0.151 e. The van der Waals surface area contributed by atoms with Crippen LogP contribution in [-0.4, -0.2) is 26.2 Å². The van der Waals surface area contributed by atoms with Crippen molar-refractivity contribution in [2.75, 3.05) is 12.3 Å². The molecular weight excluding hydrogens is 324 g/mol. The van der Waals surface area contributed by atoms with Crippen LogP contribution in [0, 0.1) is 11.6 Å². The zero-order valence-corrected chi connectivity index (χ0v) is 13.5. The zero-order chi connectivity index (χ0) is 17.4. The number of nitrogen functional groups attached to an aromatic ring is 1. The highest BCUT2D eigenvalue weighted by molar-refractivity contribution is 5.48. The van der Waals surface area contributed by atoms with Gasteiger partial charge in [0.15, 0.2) is 5.82 Å². The Morgan fingerprint density at radius 1 is 1.16 bits per heavy atom. The lowest BCUT2D eigenvalue weighted by molar-refractivity contribution is 0.241. The van der Waals surface area contributed by atoms with Crippen molar-refractivity contribution in [1.29, 1.82) is 0 Å². The molecule has 3 aromatic rings. The van der Waals surface area contributed by atoms with Crippen LogP contribution in [0.3, 0.4) is 0 Å². The first-order valence-electron chi connectivity index (χ1n) is 8.05. The summed E-state index contributed by atoms with van der Waals surface area (Å²) in [4.78, 5) is 6.61. The Labute approximate surface area is 143 Å². The van der Waals surface area contributed by atoms with Gasteiger partial charge in [0.1, 0.15) is 11.5 Å². The molecular formula is C18H17F2N5. The molecule has 2 aromatic heterocycles. The van der Waals surface area contributed by atoms with Gasteiger partial charge in [-0.15, -0.1) is 0 Å². The van der Waals surface area contributed by atoms with Crippen molar-refractivity contribution in [2.45, 2.75) is 19.5 Å². The third-order valence-electron chi connectivity index (χ3n) is 4.41. The quantitative estimate of drug-likeness (QED) is 0.796. The van der Waals surface area contributed by atoms with E-state index in [4.69, 9.17) is 5.73 Å². The van der Waals surface area contributed by atoms with Crippen LogP contribution in [-0.2, 0) is 19.5 Å². The lowest BCUT2D eigenvalue weighted by Crippen LogP contribution is -2.31. The maximum atomic E-state index is 13.9. The summed E-state index contributed by atoms with van der Waals surface area (Å²) in [5.74, 6) is -1.24. The van der Waals surface area contributed by atoms with E-state index in [0.717, 1.165) is 41.7 Å². The predicted molar refractivity (Wildman–Crippen MR) is 89.9 cm³/mol. The number of anilines is 1. The molecule has 0 spiro atoms. The van der Waals surface area contributed by atoms with E-state index in [1.54, 1.807) is 12.4 Å². The fraction of sp³-hybridized carbons (Fsp3) is 0.222. The van der Waals surface area contributed by atoms with Gasteiger partial charge in [-0.2, -0.15) is 5.10 Å². The molecule has 0 bridgehead atoms. The normalized spacial score (nSPS) is 14.5. The smallest absolute Gasteiger partial charge is 0.151 e. The van der Waals surface area contributed by atoms with Crippen molar-refractivity contribution in [3.05, 3.63) is 71.3 Å². The topological polar surface area (TPSA) is 60.0 Å². The molecule has 0 fully saturated rings. The summed E-state index contributed by atoms with van der Waals surface area (Å²) in [6, 6.07) is 7.11. The molecule has 0 saturated heterocycles. The number of hydrogen-bond acceptors (Lipinski definition) is 4. The number of halogens is 2. The van der Waals surface area contributed by atoms with Crippen LogP contribution < -0.4 is 5.73 Å². The highest BCUT2D eigenvalue weighted by Gasteiger charge is 2.20. The fourth-order valence-corrected chi connectivity index (χ4v) is 3.13. The number of aromatic nitrogens is 3. The van der Waals surface area contributed by atoms with Crippen molar-refractivity contribution in [1.82, 2.24) is 19.7 Å². The predicted octanol–water partition coefficient (Wildman–Crippen LogP) is 2.69. The minimum Gasteiger partial charge on any atom is -0.398 e. The molecule has 4 rings (SSSR count). The van der Waals surface area contributed by atoms with E-state index in [1.807, 2.05) is 12.1 Å². The zero-order valence-electron chi connectivity index (χ0n) is 13.5. The van der Waals surface area contributed by atoms with Crippen molar-refractivity contribution in [3.8, 4) is 5.69 Å². The minimum absolute atomic E-state index is 0.227. The molecule has 1 aromatic carbocycles. The van der Waals surface area contributed by atoms with Gasteiger partial charge in [-0.05, 0) is 24.3 Å². The van der Waals surface area contributed by atoms with E-state index in [1.165, 1.54) is 16.8 Å². The van der Waals surface area contributed by atoms with Crippen molar-refractivity contribution in [3.63, 3.8) is 0 Å². The van der Waals surface area contributed by atoms with Crippen LogP contribution in [0.1, 0.15) is 17.0 Å². The van der Waals surface area contributed by atoms with Crippen LogP contribution in [0.25, 0.3) is 5.69 Å². The molecule has 0 aliphatic carbocycles. The van der Waals surface area contributed by atoms with Gasteiger partial charge in [0.05, 0.1) is 5.69 Å². The summed E-state index contributed by atoms with van der Waals surface area (Å²) in [5.41, 5.74) is 9.97. The van der Waals surface area contributed by atoms with E-state index in [9.17, 15) is 8.78 Å². The number of nitrogens with two attached hydrogens (primary N) is 1. The van der Waals surface area contributed by atoms with Gasteiger partial charge in [0, 0.05) is 61.5 Å². The van der Waals surface area contributed by atoms with Crippen LogP contribution in [0.5, 0.6) is 0 Å². The van der Waals surface area contributed by atoms with E-state index >= 15 is 0 Å². The first-order valence-corrected chi connectivity index (χ1v) is 8.05. The average molecular weight is 341 g/mol. The molecule has 2 N–H and O–H groups in total. The van der Waals surface area contributed by atoms with Gasteiger partial charge < -0.3 is 5.73 Å². The summed E-state index contributed by atoms with van der Waals surface area (Å²) < 4.78 is 28.3. The van der Waals surface area contributed by atoms with Crippen molar-refractivity contribution in [2.24, 2.45) is 0 Å². The fourth-order valence-electron chi connectivity index (χ4n) is 3.13. The molecule has 1 aliphatic rings. The number of hydrogen-bond donors (Lipinski definition) is 1. The Bertz CT molecular complexity index is 922. The standard InChI is InChI=1S/C18H17F2N5/c19-12-1-2-18(15(20)9-12)25-8-4-13(23-25)10-24-7-5-17-14(11-24)16(21)3-6-22-17/h1-4,6,8-9H,5,7,10-11H2,(H2,21,22). The molecule has 25 heavy (non-hydrogen) atoms. The highest BCUT2D eigenvalue weighted by Crippen LogP contribution is 2.23. The maximum absolute atomic E-state index is 13.9. The van der Waals surface area contributed by atoms with Crippen molar-refractivity contribution < 1.29 is 8.78 Å². The Kier molecular flexibility index (Phi) is 3.93. The molecule has 0 atom stereocenters. The summed E-state index contributed by atoms with van der Waals surface area (Å²) in [7, 11) is 0. The van der Waals surface area contributed by atoms with Crippen LogP contribution in [0.2, 0.25) is 0 Å². The molecule has 0 unspecified atom stereocenters. The second kappa shape index (κ2) is 6.25. The molecule has 5 nitrogen and oxygen atoms in total. The van der Waals surface area contributed by atoms with E-state index in [-0.39, 0.29) is 5.69 Å². The largest absolute Gasteiger partial charge is 0.398 e. The number of nitrogens with zero attached hydrogens (tertiary/aromatic N) is 4. The molecule has 128 valence electrons. The van der Waals surface area contributed by atoms with Crippen molar-refractivity contribution >= 4 is 5.69 Å².